The Morgan fingerprint density at radius 3 is 2.52 bits per heavy atom. The summed E-state index contributed by atoms with van der Waals surface area (Å²) in [6.07, 6.45) is 5.78. The van der Waals surface area contributed by atoms with Gasteiger partial charge in [0.1, 0.15) is 0 Å². The van der Waals surface area contributed by atoms with Gasteiger partial charge in [0.15, 0.2) is 0 Å². The highest BCUT2D eigenvalue weighted by Gasteiger charge is 2.19. The Morgan fingerprint density at radius 1 is 1.12 bits per heavy atom. The standard InChI is InChI=1S/C19H27N3O3/c1-14-13-15(18(23)20-16-5-3-2-4-6-16)7-8-17(14)21-19(24)22-9-11-25-12-10-22/h7-8,13,16H,2-6,9-12H2,1H3,(H,20,23)(H,21,24). The van der Waals surface area contributed by atoms with Crippen LogP contribution in [0.15, 0.2) is 18.2 Å². The fraction of sp³-hybridized carbons (Fsp3) is 0.579. The highest BCUT2D eigenvalue weighted by atomic mass is 16.5. The summed E-state index contributed by atoms with van der Waals surface area (Å²) in [6.45, 7) is 4.27. The van der Waals surface area contributed by atoms with Crippen LogP contribution in [0.25, 0.3) is 0 Å². The molecule has 1 aromatic rings. The number of benzene rings is 1. The zero-order valence-electron chi connectivity index (χ0n) is 14.8. The molecule has 3 rings (SSSR count). The molecule has 0 aromatic heterocycles. The van der Waals surface area contributed by atoms with Gasteiger partial charge < -0.3 is 20.3 Å². The minimum atomic E-state index is -0.120. The predicted molar refractivity (Wildman–Crippen MR) is 96.9 cm³/mol. The minimum absolute atomic E-state index is 0.0268. The number of urea groups is 1. The number of morpholine rings is 1. The molecule has 25 heavy (non-hydrogen) atoms. The monoisotopic (exact) mass is 345 g/mol. The van der Waals surface area contributed by atoms with Crippen LogP contribution in [0.5, 0.6) is 0 Å². The van der Waals surface area contributed by atoms with Crippen molar-refractivity contribution in [3.63, 3.8) is 0 Å². The molecule has 1 saturated carbocycles. The van der Waals surface area contributed by atoms with Gasteiger partial charge in [0.25, 0.3) is 5.91 Å². The molecule has 0 unspecified atom stereocenters. The van der Waals surface area contributed by atoms with Crippen molar-refractivity contribution in [3.8, 4) is 0 Å². The van der Waals surface area contributed by atoms with Crippen LogP contribution in [0.1, 0.15) is 48.0 Å². The van der Waals surface area contributed by atoms with Gasteiger partial charge >= 0.3 is 6.03 Å². The van der Waals surface area contributed by atoms with Gasteiger partial charge in [-0.15, -0.1) is 0 Å². The van der Waals surface area contributed by atoms with Gasteiger partial charge in [-0.05, 0) is 43.5 Å². The SMILES string of the molecule is Cc1cc(C(=O)NC2CCCCC2)ccc1NC(=O)N1CCOCC1. The summed E-state index contributed by atoms with van der Waals surface area (Å²) in [7, 11) is 0. The van der Waals surface area contributed by atoms with E-state index in [1.165, 1.54) is 19.3 Å². The fourth-order valence-electron chi connectivity index (χ4n) is 3.42. The van der Waals surface area contributed by atoms with E-state index in [0.717, 1.165) is 24.1 Å². The maximum absolute atomic E-state index is 12.4. The van der Waals surface area contributed by atoms with E-state index in [-0.39, 0.29) is 11.9 Å². The molecule has 1 heterocycles. The Hall–Kier alpha value is -2.08. The van der Waals surface area contributed by atoms with Crippen LogP contribution in [0.3, 0.4) is 0 Å². The quantitative estimate of drug-likeness (QED) is 0.885. The van der Waals surface area contributed by atoms with Gasteiger partial charge in [-0.3, -0.25) is 4.79 Å². The topological polar surface area (TPSA) is 70.7 Å². The van der Waals surface area contributed by atoms with Crippen LogP contribution in [0.2, 0.25) is 0 Å². The van der Waals surface area contributed by atoms with E-state index in [2.05, 4.69) is 10.6 Å². The van der Waals surface area contributed by atoms with Crippen LogP contribution in [0, 0.1) is 6.92 Å². The number of hydrogen-bond donors (Lipinski definition) is 2. The van der Waals surface area contributed by atoms with Crippen molar-refractivity contribution in [2.45, 2.75) is 45.1 Å². The summed E-state index contributed by atoms with van der Waals surface area (Å²) in [4.78, 5) is 26.4. The number of nitrogens with one attached hydrogen (secondary N) is 2. The number of rotatable bonds is 3. The van der Waals surface area contributed by atoms with Crippen LogP contribution < -0.4 is 10.6 Å². The fourth-order valence-corrected chi connectivity index (χ4v) is 3.42. The Balaban J connectivity index is 1.59. The molecule has 1 aliphatic heterocycles. The maximum Gasteiger partial charge on any atom is 0.322 e. The largest absolute Gasteiger partial charge is 0.378 e. The normalized spacial score (nSPS) is 18.7. The van der Waals surface area contributed by atoms with Crippen LogP contribution in [-0.2, 0) is 4.74 Å². The summed E-state index contributed by atoms with van der Waals surface area (Å²) in [5, 5.41) is 6.05. The first-order valence-corrected chi connectivity index (χ1v) is 9.18. The Kier molecular flexibility index (Phi) is 5.91. The van der Waals surface area contributed by atoms with Crippen LogP contribution >= 0.6 is 0 Å². The summed E-state index contributed by atoms with van der Waals surface area (Å²) < 4.78 is 5.26. The lowest BCUT2D eigenvalue weighted by Gasteiger charge is -2.27. The van der Waals surface area contributed by atoms with Gasteiger partial charge in [-0.25, -0.2) is 4.79 Å². The molecule has 2 aliphatic rings. The zero-order valence-corrected chi connectivity index (χ0v) is 14.8. The second kappa shape index (κ2) is 8.34. The van der Waals surface area contributed by atoms with Crippen molar-refractivity contribution >= 4 is 17.6 Å². The lowest BCUT2D eigenvalue weighted by atomic mass is 9.95. The smallest absolute Gasteiger partial charge is 0.322 e. The number of ether oxygens (including phenoxy) is 1. The highest BCUT2D eigenvalue weighted by Crippen LogP contribution is 2.20. The minimum Gasteiger partial charge on any atom is -0.378 e. The van der Waals surface area contributed by atoms with Crippen molar-refractivity contribution in [1.29, 1.82) is 0 Å². The third kappa shape index (κ3) is 4.72. The Morgan fingerprint density at radius 2 is 1.84 bits per heavy atom. The lowest BCUT2D eigenvalue weighted by Crippen LogP contribution is -2.43. The number of aryl methyl sites for hydroxylation is 1. The van der Waals surface area contributed by atoms with Crippen molar-refractivity contribution in [3.05, 3.63) is 29.3 Å². The van der Waals surface area contributed by atoms with Crippen molar-refractivity contribution in [2.24, 2.45) is 0 Å². The number of hydrogen-bond acceptors (Lipinski definition) is 3. The number of amides is 3. The molecule has 6 nitrogen and oxygen atoms in total. The van der Waals surface area contributed by atoms with E-state index < -0.39 is 0 Å². The molecule has 2 N–H and O–H groups in total. The second-order valence-corrected chi connectivity index (χ2v) is 6.87. The Bertz CT molecular complexity index is 620. The van der Waals surface area contributed by atoms with Crippen LogP contribution in [-0.4, -0.2) is 49.2 Å². The highest BCUT2D eigenvalue weighted by molar-refractivity contribution is 5.96. The van der Waals surface area contributed by atoms with Gasteiger partial charge in [-0.1, -0.05) is 19.3 Å². The molecule has 136 valence electrons. The summed E-state index contributed by atoms with van der Waals surface area (Å²) in [5.74, 6) is -0.0268. The number of anilines is 1. The summed E-state index contributed by atoms with van der Waals surface area (Å²) in [5.41, 5.74) is 2.27. The summed E-state index contributed by atoms with van der Waals surface area (Å²) in [6, 6.07) is 5.60. The van der Waals surface area contributed by atoms with E-state index in [4.69, 9.17) is 4.74 Å². The molecule has 0 spiro atoms. The molecule has 0 radical (unpaired) electrons. The molecule has 0 bridgehead atoms. The molecule has 1 saturated heterocycles. The lowest BCUT2D eigenvalue weighted by molar-refractivity contribution is 0.0564. The van der Waals surface area contributed by atoms with Gasteiger partial charge in [-0.2, -0.15) is 0 Å². The first-order valence-electron chi connectivity index (χ1n) is 9.18. The molecular formula is C19H27N3O3. The van der Waals surface area contributed by atoms with E-state index in [0.29, 0.717) is 37.9 Å². The van der Waals surface area contributed by atoms with Crippen molar-refractivity contribution in [1.82, 2.24) is 10.2 Å². The predicted octanol–water partition coefficient (Wildman–Crippen LogP) is 2.92. The van der Waals surface area contributed by atoms with E-state index >= 15 is 0 Å². The molecule has 1 aliphatic carbocycles. The number of carbonyl (C=O) groups excluding carboxylic acids is 2. The third-order valence-corrected chi connectivity index (χ3v) is 4.97. The van der Waals surface area contributed by atoms with Crippen molar-refractivity contribution < 1.29 is 14.3 Å². The van der Waals surface area contributed by atoms with Gasteiger partial charge in [0.2, 0.25) is 0 Å². The maximum atomic E-state index is 12.4. The molecule has 0 atom stereocenters. The molecule has 3 amide bonds. The average molecular weight is 345 g/mol. The van der Waals surface area contributed by atoms with E-state index in [1.54, 1.807) is 11.0 Å². The first kappa shape index (κ1) is 17.7. The summed E-state index contributed by atoms with van der Waals surface area (Å²) >= 11 is 0. The average Bonchev–Trinajstić information content (AvgIpc) is 2.65. The first-order chi connectivity index (χ1) is 12.1. The number of carbonyl (C=O) groups is 2. The van der Waals surface area contributed by atoms with Gasteiger partial charge in [0, 0.05) is 30.4 Å². The van der Waals surface area contributed by atoms with E-state index in [9.17, 15) is 9.59 Å². The molecule has 1 aromatic carbocycles. The van der Waals surface area contributed by atoms with Gasteiger partial charge in [0.05, 0.1) is 13.2 Å². The zero-order chi connectivity index (χ0) is 17.6. The number of nitrogens with zero attached hydrogens (tertiary/aromatic N) is 1. The van der Waals surface area contributed by atoms with Crippen LogP contribution in [0.4, 0.5) is 10.5 Å². The third-order valence-electron chi connectivity index (χ3n) is 4.97. The molecule has 2 fully saturated rings. The van der Waals surface area contributed by atoms with E-state index in [1.807, 2.05) is 19.1 Å². The second-order valence-electron chi connectivity index (χ2n) is 6.87. The molecular weight excluding hydrogens is 318 g/mol. The van der Waals surface area contributed by atoms with Crippen molar-refractivity contribution in [2.75, 3.05) is 31.6 Å². The Labute approximate surface area is 148 Å². The molecule has 6 heteroatoms.